The molecule has 1 aliphatic heterocycles. The molecule has 1 saturated heterocycles. The van der Waals surface area contributed by atoms with Crippen LogP contribution in [0.3, 0.4) is 0 Å². The molecule has 5 nitrogen and oxygen atoms in total. The number of rotatable bonds is 7. The summed E-state index contributed by atoms with van der Waals surface area (Å²) in [6, 6.07) is 12.1. The normalized spacial score (nSPS) is 15.1. The zero-order chi connectivity index (χ0) is 21.0. The largest absolute Gasteiger partial charge is 0.340 e. The van der Waals surface area contributed by atoms with Crippen molar-refractivity contribution in [2.45, 2.75) is 40.5 Å². The van der Waals surface area contributed by atoms with Crippen molar-refractivity contribution in [2.24, 2.45) is 5.92 Å². The van der Waals surface area contributed by atoms with Gasteiger partial charge in [0.2, 0.25) is 5.91 Å². The standard InChI is InChI=1S/C24H33N3O2/c1-5-20(6-2)24(29)26-14-12-25(13-15-26)17-23(28)22-16-18(3)27(19(22)4)21-10-8-7-9-11-21/h7-11,16,20H,5-6,12-15,17H2,1-4H3. The second-order valence-electron chi connectivity index (χ2n) is 7.99. The number of aryl methyl sites for hydroxylation is 1. The topological polar surface area (TPSA) is 45.6 Å². The van der Waals surface area contributed by atoms with Crippen LogP contribution in [0.5, 0.6) is 0 Å². The highest BCUT2D eigenvalue weighted by molar-refractivity contribution is 5.99. The van der Waals surface area contributed by atoms with Crippen molar-refractivity contribution in [3.63, 3.8) is 0 Å². The molecule has 0 atom stereocenters. The van der Waals surface area contributed by atoms with Crippen molar-refractivity contribution in [3.05, 3.63) is 53.3 Å². The van der Waals surface area contributed by atoms with Crippen LogP contribution >= 0.6 is 0 Å². The second-order valence-corrected chi connectivity index (χ2v) is 7.99. The Balaban J connectivity index is 1.63. The minimum Gasteiger partial charge on any atom is -0.340 e. The van der Waals surface area contributed by atoms with Gasteiger partial charge >= 0.3 is 0 Å². The quantitative estimate of drug-likeness (QED) is 0.669. The lowest BCUT2D eigenvalue weighted by atomic mass is 10.0. The van der Waals surface area contributed by atoms with E-state index < -0.39 is 0 Å². The molecule has 1 aromatic carbocycles. The minimum atomic E-state index is 0.131. The molecule has 0 N–H and O–H groups in total. The summed E-state index contributed by atoms with van der Waals surface area (Å²) in [7, 11) is 0. The molecular formula is C24H33N3O2. The first kappa shape index (κ1) is 21.3. The highest BCUT2D eigenvalue weighted by Gasteiger charge is 2.27. The fourth-order valence-electron chi connectivity index (χ4n) is 4.33. The Bertz CT molecular complexity index is 845. The lowest BCUT2D eigenvalue weighted by Gasteiger charge is -2.36. The molecule has 0 spiro atoms. The van der Waals surface area contributed by atoms with Gasteiger partial charge in [-0.1, -0.05) is 32.0 Å². The Morgan fingerprint density at radius 3 is 2.17 bits per heavy atom. The van der Waals surface area contributed by atoms with Crippen molar-refractivity contribution in [3.8, 4) is 5.69 Å². The van der Waals surface area contributed by atoms with Crippen molar-refractivity contribution < 1.29 is 9.59 Å². The van der Waals surface area contributed by atoms with Gasteiger partial charge in [-0.25, -0.2) is 0 Å². The number of benzene rings is 1. The minimum absolute atomic E-state index is 0.131. The Morgan fingerprint density at radius 2 is 1.59 bits per heavy atom. The van der Waals surface area contributed by atoms with Gasteiger partial charge in [0.05, 0.1) is 6.54 Å². The maximum Gasteiger partial charge on any atom is 0.225 e. The molecule has 3 rings (SSSR count). The van der Waals surface area contributed by atoms with E-state index in [2.05, 4.69) is 35.4 Å². The number of carbonyl (C=O) groups excluding carboxylic acids is 2. The van der Waals surface area contributed by atoms with Crippen LogP contribution in [0.25, 0.3) is 5.69 Å². The number of hydrogen-bond acceptors (Lipinski definition) is 3. The zero-order valence-electron chi connectivity index (χ0n) is 18.1. The SMILES string of the molecule is CCC(CC)C(=O)N1CCN(CC(=O)c2cc(C)n(-c3ccccc3)c2C)CC1. The fourth-order valence-corrected chi connectivity index (χ4v) is 4.33. The van der Waals surface area contributed by atoms with Gasteiger partial charge in [0.1, 0.15) is 0 Å². The molecule has 156 valence electrons. The van der Waals surface area contributed by atoms with E-state index in [1.807, 2.05) is 43.0 Å². The van der Waals surface area contributed by atoms with E-state index >= 15 is 0 Å². The van der Waals surface area contributed by atoms with E-state index in [0.717, 1.165) is 48.6 Å². The van der Waals surface area contributed by atoms with Crippen LogP contribution in [0.2, 0.25) is 0 Å². The molecule has 0 unspecified atom stereocenters. The monoisotopic (exact) mass is 395 g/mol. The first-order valence-corrected chi connectivity index (χ1v) is 10.7. The Hall–Kier alpha value is -2.40. The molecule has 1 amide bonds. The average molecular weight is 396 g/mol. The third kappa shape index (κ3) is 4.61. The van der Waals surface area contributed by atoms with Crippen LogP contribution in [0.4, 0.5) is 0 Å². The van der Waals surface area contributed by atoms with Gasteiger partial charge in [-0.05, 0) is 44.9 Å². The molecule has 1 fully saturated rings. The molecule has 1 aromatic heterocycles. The van der Waals surface area contributed by atoms with Crippen LogP contribution in [-0.4, -0.2) is 58.8 Å². The molecular weight excluding hydrogens is 362 g/mol. The molecule has 0 bridgehead atoms. The van der Waals surface area contributed by atoms with Crippen molar-refractivity contribution in [1.29, 1.82) is 0 Å². The zero-order valence-corrected chi connectivity index (χ0v) is 18.1. The molecule has 5 heteroatoms. The smallest absolute Gasteiger partial charge is 0.225 e. The van der Waals surface area contributed by atoms with E-state index in [0.29, 0.717) is 19.6 Å². The summed E-state index contributed by atoms with van der Waals surface area (Å²) in [5.74, 6) is 0.555. The van der Waals surface area contributed by atoms with Gasteiger partial charge in [-0.15, -0.1) is 0 Å². The number of Topliss-reactive ketones (excluding diaryl/α,β-unsaturated/α-hetero) is 1. The summed E-state index contributed by atoms with van der Waals surface area (Å²) in [5.41, 5.74) is 3.93. The number of carbonyl (C=O) groups is 2. The lowest BCUT2D eigenvalue weighted by Crippen LogP contribution is -2.51. The van der Waals surface area contributed by atoms with Gasteiger partial charge in [-0.3, -0.25) is 14.5 Å². The highest BCUT2D eigenvalue weighted by Crippen LogP contribution is 2.22. The summed E-state index contributed by atoms with van der Waals surface area (Å²) in [6.07, 6.45) is 1.79. The van der Waals surface area contributed by atoms with E-state index in [9.17, 15) is 9.59 Å². The molecule has 0 aliphatic carbocycles. The molecule has 0 saturated carbocycles. The van der Waals surface area contributed by atoms with E-state index in [1.165, 1.54) is 0 Å². The number of nitrogens with zero attached hydrogens (tertiary/aromatic N) is 3. The maximum atomic E-state index is 13.0. The number of para-hydroxylation sites is 1. The summed E-state index contributed by atoms with van der Waals surface area (Å²) < 4.78 is 2.14. The van der Waals surface area contributed by atoms with E-state index in [4.69, 9.17) is 0 Å². The summed E-state index contributed by atoms with van der Waals surface area (Å²) in [5, 5.41) is 0. The first-order chi connectivity index (χ1) is 14.0. The predicted molar refractivity (Wildman–Crippen MR) is 117 cm³/mol. The maximum absolute atomic E-state index is 13.0. The van der Waals surface area contributed by atoms with Crippen molar-refractivity contribution in [2.75, 3.05) is 32.7 Å². The summed E-state index contributed by atoms with van der Waals surface area (Å²) in [4.78, 5) is 29.7. The molecule has 1 aliphatic rings. The van der Waals surface area contributed by atoms with Gasteiger partial charge < -0.3 is 9.47 Å². The molecule has 2 heterocycles. The third-order valence-corrected chi connectivity index (χ3v) is 6.13. The van der Waals surface area contributed by atoms with Crippen LogP contribution in [-0.2, 0) is 4.79 Å². The third-order valence-electron chi connectivity index (χ3n) is 6.13. The second kappa shape index (κ2) is 9.40. The Morgan fingerprint density at radius 1 is 0.966 bits per heavy atom. The van der Waals surface area contributed by atoms with Gasteiger partial charge in [0.15, 0.2) is 5.78 Å². The number of aromatic nitrogens is 1. The summed E-state index contributed by atoms with van der Waals surface area (Å²) in [6.45, 7) is 11.6. The predicted octanol–water partition coefficient (Wildman–Crippen LogP) is 3.86. The fraction of sp³-hybridized carbons (Fsp3) is 0.500. The van der Waals surface area contributed by atoms with E-state index in [-0.39, 0.29) is 17.6 Å². The van der Waals surface area contributed by atoms with Gasteiger partial charge in [0, 0.05) is 54.7 Å². The first-order valence-electron chi connectivity index (χ1n) is 10.7. The van der Waals surface area contributed by atoms with Crippen molar-refractivity contribution in [1.82, 2.24) is 14.4 Å². The number of ketones is 1. The van der Waals surface area contributed by atoms with E-state index in [1.54, 1.807) is 0 Å². The molecule has 2 aromatic rings. The van der Waals surface area contributed by atoms with Crippen LogP contribution < -0.4 is 0 Å². The Labute approximate surface area is 174 Å². The number of amides is 1. The Kier molecular flexibility index (Phi) is 6.91. The van der Waals surface area contributed by atoms with Crippen LogP contribution in [0, 0.1) is 19.8 Å². The van der Waals surface area contributed by atoms with Gasteiger partial charge in [-0.2, -0.15) is 0 Å². The lowest BCUT2D eigenvalue weighted by molar-refractivity contribution is -0.137. The number of piperazine rings is 1. The molecule has 29 heavy (non-hydrogen) atoms. The average Bonchev–Trinajstić information content (AvgIpc) is 3.04. The van der Waals surface area contributed by atoms with Crippen LogP contribution in [0.1, 0.15) is 48.4 Å². The van der Waals surface area contributed by atoms with Gasteiger partial charge in [0.25, 0.3) is 0 Å². The van der Waals surface area contributed by atoms with Crippen molar-refractivity contribution >= 4 is 11.7 Å². The number of hydrogen-bond donors (Lipinski definition) is 0. The highest BCUT2D eigenvalue weighted by atomic mass is 16.2. The van der Waals surface area contributed by atoms with Crippen LogP contribution in [0.15, 0.2) is 36.4 Å². The molecule has 0 radical (unpaired) electrons. The summed E-state index contributed by atoms with van der Waals surface area (Å²) >= 11 is 0.